The second kappa shape index (κ2) is 2.70. The second-order valence-electron chi connectivity index (χ2n) is 1.70. The summed E-state index contributed by atoms with van der Waals surface area (Å²) in [5.74, 6) is -0.449. The van der Waals surface area contributed by atoms with Crippen LogP contribution >= 0.6 is 0 Å². The Balaban J connectivity index is 3.26. The van der Waals surface area contributed by atoms with E-state index in [4.69, 9.17) is 5.39 Å². The molecule has 0 aliphatic heterocycles. The zero-order valence-electron chi connectivity index (χ0n) is 5.34. The third-order valence-electron chi connectivity index (χ3n) is 1.05. The lowest BCUT2D eigenvalue weighted by Crippen LogP contribution is -1.90. The van der Waals surface area contributed by atoms with Gasteiger partial charge in [-0.05, 0) is 16.0 Å². The summed E-state index contributed by atoms with van der Waals surface area (Å²) >= 11 is 0. The van der Waals surface area contributed by atoms with E-state index in [1.54, 1.807) is 0 Å². The summed E-state index contributed by atoms with van der Waals surface area (Å²) in [6, 6.07) is 2.74. The van der Waals surface area contributed by atoms with E-state index in [1.165, 1.54) is 18.3 Å². The first kappa shape index (κ1) is 7.08. The van der Waals surface area contributed by atoms with Crippen molar-refractivity contribution < 1.29 is 4.92 Å². The molecular weight excluding hydrogens is 148 g/mol. The van der Waals surface area contributed by atoms with E-state index in [1.807, 2.05) is 0 Å². The first-order chi connectivity index (χ1) is 5.25. The summed E-state index contributed by atoms with van der Waals surface area (Å²) in [4.78, 5) is 15.5. The summed E-state index contributed by atoms with van der Waals surface area (Å²) in [6.45, 7) is 0. The molecular formula is C5H3N4O2+. The van der Waals surface area contributed by atoms with Gasteiger partial charge in [-0.25, -0.2) is 0 Å². The molecule has 0 bridgehead atoms. The maximum Gasteiger partial charge on any atom is 0.480 e. The molecule has 54 valence electrons. The molecule has 1 heterocycles. The number of nitrogens with zero attached hydrogens (tertiary/aromatic N) is 4. The molecule has 1 rings (SSSR count). The van der Waals surface area contributed by atoms with Gasteiger partial charge in [0.15, 0.2) is 4.98 Å². The third kappa shape index (κ3) is 1.27. The smallest absolute Gasteiger partial charge is 0.358 e. The van der Waals surface area contributed by atoms with Crippen LogP contribution in [0.4, 0.5) is 11.5 Å². The van der Waals surface area contributed by atoms with Crippen molar-refractivity contribution in [2.45, 2.75) is 0 Å². The van der Waals surface area contributed by atoms with Crippen LogP contribution in [-0.2, 0) is 0 Å². The summed E-state index contributed by atoms with van der Waals surface area (Å²) < 4.78 is 0. The van der Waals surface area contributed by atoms with Gasteiger partial charge in [-0.3, -0.25) is 0 Å². The number of nitro groups is 1. The highest BCUT2D eigenvalue weighted by Gasteiger charge is 2.24. The summed E-state index contributed by atoms with van der Waals surface area (Å²) in [5, 5.41) is 18.4. The topological polar surface area (TPSA) is 84.2 Å². The third-order valence-corrected chi connectivity index (χ3v) is 1.05. The average molecular weight is 151 g/mol. The minimum atomic E-state index is -0.713. The van der Waals surface area contributed by atoms with Crippen LogP contribution in [0.2, 0.25) is 0 Å². The van der Waals surface area contributed by atoms with Crippen molar-refractivity contribution in [2.24, 2.45) is 0 Å². The van der Waals surface area contributed by atoms with Crippen molar-refractivity contribution in [1.29, 1.82) is 5.39 Å². The number of hydrogen-bond acceptors (Lipinski definition) is 4. The fraction of sp³-hybridized carbons (Fsp3) is 0. The van der Waals surface area contributed by atoms with Crippen molar-refractivity contribution in [3.63, 3.8) is 0 Å². The zero-order chi connectivity index (χ0) is 8.27. The van der Waals surface area contributed by atoms with Crippen molar-refractivity contribution in [1.82, 2.24) is 4.98 Å². The molecule has 6 nitrogen and oxygen atoms in total. The largest absolute Gasteiger partial charge is 0.480 e. The lowest BCUT2D eigenvalue weighted by molar-refractivity contribution is -0.388. The molecule has 0 saturated carbocycles. The predicted octanol–water partition coefficient (Wildman–Crippen LogP) is 1.47. The van der Waals surface area contributed by atoms with Crippen LogP contribution in [0.3, 0.4) is 0 Å². The van der Waals surface area contributed by atoms with Crippen LogP contribution in [0.25, 0.3) is 4.98 Å². The summed E-state index contributed by atoms with van der Waals surface area (Å²) in [7, 11) is 0. The Labute approximate surface area is 61.3 Å². The number of pyridine rings is 1. The molecule has 11 heavy (non-hydrogen) atoms. The summed E-state index contributed by atoms with van der Waals surface area (Å²) in [6.07, 6.45) is 1.26. The molecule has 0 aliphatic rings. The fourth-order valence-electron chi connectivity index (χ4n) is 0.607. The highest BCUT2D eigenvalue weighted by molar-refractivity contribution is 5.56. The lowest BCUT2D eigenvalue weighted by atomic mass is 10.4. The Morgan fingerprint density at radius 2 is 2.45 bits per heavy atom. The number of hydrogen-bond donors (Lipinski definition) is 0. The molecule has 0 atom stereocenters. The van der Waals surface area contributed by atoms with Crippen LogP contribution in [-0.4, -0.2) is 9.91 Å². The highest BCUT2D eigenvalue weighted by Crippen LogP contribution is 2.22. The van der Waals surface area contributed by atoms with Crippen molar-refractivity contribution in [3.05, 3.63) is 33.4 Å². The van der Waals surface area contributed by atoms with Gasteiger partial charge in [-0.1, -0.05) is 0 Å². The van der Waals surface area contributed by atoms with E-state index in [0.717, 1.165) is 0 Å². The van der Waals surface area contributed by atoms with E-state index in [0.29, 0.717) is 0 Å². The van der Waals surface area contributed by atoms with Crippen molar-refractivity contribution >= 4 is 11.5 Å². The van der Waals surface area contributed by atoms with Gasteiger partial charge in [0.1, 0.15) is 6.20 Å². The van der Waals surface area contributed by atoms with Crippen LogP contribution in [0.5, 0.6) is 0 Å². The van der Waals surface area contributed by atoms with Crippen LogP contribution < -0.4 is 0 Å². The minimum absolute atomic E-state index is 0.141. The number of aromatic nitrogens is 1. The molecule has 0 spiro atoms. The zero-order valence-corrected chi connectivity index (χ0v) is 5.34. The Kier molecular flexibility index (Phi) is 1.74. The Bertz CT molecular complexity index is 329. The molecule has 0 radical (unpaired) electrons. The maximum absolute atomic E-state index is 10.2. The molecule has 0 unspecified atom stereocenters. The molecule has 0 aromatic carbocycles. The Morgan fingerprint density at radius 1 is 1.73 bits per heavy atom. The van der Waals surface area contributed by atoms with E-state index < -0.39 is 10.7 Å². The van der Waals surface area contributed by atoms with E-state index in [2.05, 4.69) is 9.96 Å². The minimum Gasteiger partial charge on any atom is -0.358 e. The SMILES string of the molecule is N#[N+]c1cccnc1[N+](=O)[O-]. The average Bonchev–Trinajstić information content (AvgIpc) is 2.04. The molecule has 0 amide bonds. The Morgan fingerprint density at radius 3 is 2.91 bits per heavy atom. The summed E-state index contributed by atoms with van der Waals surface area (Å²) in [5.41, 5.74) is -0.141. The number of rotatable bonds is 1. The molecule has 0 N–H and O–H groups in total. The number of diazo groups is 1. The standard InChI is InChI=1S/C5H3N4O2/c6-8-4-2-1-3-7-5(4)9(10)11/h1-3H/q+1. The van der Waals surface area contributed by atoms with Gasteiger partial charge in [0.25, 0.3) is 0 Å². The lowest BCUT2D eigenvalue weighted by Gasteiger charge is -1.84. The first-order valence-electron chi connectivity index (χ1n) is 2.70. The molecule has 1 aromatic heterocycles. The normalized spacial score (nSPS) is 8.64. The monoisotopic (exact) mass is 151 g/mol. The first-order valence-corrected chi connectivity index (χ1v) is 2.70. The maximum atomic E-state index is 10.2. The van der Waals surface area contributed by atoms with E-state index in [9.17, 15) is 10.1 Å². The van der Waals surface area contributed by atoms with Gasteiger partial charge >= 0.3 is 11.5 Å². The van der Waals surface area contributed by atoms with Gasteiger partial charge in [0, 0.05) is 6.07 Å². The van der Waals surface area contributed by atoms with Crippen LogP contribution in [0.1, 0.15) is 0 Å². The Hall–Kier alpha value is -2.03. The van der Waals surface area contributed by atoms with Crippen molar-refractivity contribution in [2.75, 3.05) is 0 Å². The predicted molar refractivity (Wildman–Crippen MR) is 35.6 cm³/mol. The van der Waals surface area contributed by atoms with Gasteiger partial charge in [-0.2, -0.15) is 0 Å². The van der Waals surface area contributed by atoms with Crippen LogP contribution in [0.15, 0.2) is 18.3 Å². The van der Waals surface area contributed by atoms with Gasteiger partial charge in [0.2, 0.25) is 5.39 Å². The van der Waals surface area contributed by atoms with Gasteiger partial charge < -0.3 is 10.1 Å². The quantitative estimate of drug-likeness (QED) is 0.345. The molecule has 1 aromatic rings. The van der Waals surface area contributed by atoms with Crippen molar-refractivity contribution in [3.8, 4) is 0 Å². The second-order valence-corrected chi connectivity index (χ2v) is 1.70. The molecule has 0 fully saturated rings. The molecule has 6 heteroatoms. The molecule has 0 saturated heterocycles. The highest BCUT2D eigenvalue weighted by atomic mass is 16.6. The van der Waals surface area contributed by atoms with Gasteiger partial charge in [-0.15, -0.1) is 0 Å². The fourth-order valence-corrected chi connectivity index (χ4v) is 0.607. The van der Waals surface area contributed by atoms with E-state index in [-0.39, 0.29) is 5.69 Å². The molecule has 0 aliphatic carbocycles. The van der Waals surface area contributed by atoms with Gasteiger partial charge in [0.05, 0.1) is 0 Å². The van der Waals surface area contributed by atoms with Crippen LogP contribution in [0, 0.1) is 15.5 Å². The van der Waals surface area contributed by atoms with E-state index >= 15 is 0 Å².